The minimum atomic E-state index is -3.22. The Bertz CT molecular complexity index is 441. The summed E-state index contributed by atoms with van der Waals surface area (Å²) >= 11 is 1.59. The summed E-state index contributed by atoms with van der Waals surface area (Å²) in [5.41, 5.74) is 0. The second-order valence-corrected chi connectivity index (χ2v) is 7.73. The predicted octanol–water partition coefficient (Wildman–Crippen LogP) is 2.36. The van der Waals surface area contributed by atoms with Crippen molar-refractivity contribution in [2.75, 3.05) is 18.8 Å². The Morgan fingerprint density at radius 1 is 1.37 bits per heavy atom. The lowest BCUT2D eigenvalue weighted by Gasteiger charge is -2.21. The van der Waals surface area contributed by atoms with E-state index in [0.29, 0.717) is 6.42 Å². The monoisotopic (exact) mass is 304 g/mol. The molecule has 110 valence electrons. The topological polar surface area (TPSA) is 58.2 Å². The van der Waals surface area contributed by atoms with Gasteiger partial charge in [0.15, 0.2) is 0 Å². The number of hydrogen-bond acceptors (Lipinski definition) is 4. The normalized spacial score (nSPS) is 13.9. The Hall–Kier alpha value is -0.430. The van der Waals surface area contributed by atoms with Crippen LogP contribution in [0.1, 0.15) is 38.1 Å². The van der Waals surface area contributed by atoms with Gasteiger partial charge < -0.3 is 5.32 Å². The van der Waals surface area contributed by atoms with Gasteiger partial charge in [-0.25, -0.2) is 13.1 Å². The summed E-state index contributed by atoms with van der Waals surface area (Å²) in [6.45, 7) is 7.69. The molecule has 0 aliphatic rings. The molecule has 1 unspecified atom stereocenters. The van der Waals surface area contributed by atoms with Crippen molar-refractivity contribution in [1.82, 2.24) is 10.0 Å². The molecule has 6 heteroatoms. The first-order valence-electron chi connectivity index (χ1n) is 6.70. The lowest BCUT2D eigenvalue weighted by Crippen LogP contribution is -2.34. The maximum atomic E-state index is 12.1. The van der Waals surface area contributed by atoms with Crippen LogP contribution < -0.4 is 10.0 Å². The van der Waals surface area contributed by atoms with Crippen LogP contribution in [0.5, 0.6) is 0 Å². The molecule has 19 heavy (non-hydrogen) atoms. The van der Waals surface area contributed by atoms with E-state index in [1.807, 2.05) is 38.3 Å². The van der Waals surface area contributed by atoms with Gasteiger partial charge in [-0.05, 0) is 36.9 Å². The number of sulfonamides is 1. The highest BCUT2D eigenvalue weighted by atomic mass is 32.2. The fraction of sp³-hybridized carbons (Fsp3) is 0.692. The fourth-order valence-corrected chi connectivity index (χ4v) is 4.26. The van der Waals surface area contributed by atoms with E-state index in [-0.39, 0.29) is 17.7 Å². The molecule has 2 N–H and O–H groups in total. The molecule has 1 rings (SSSR count). The molecule has 0 fully saturated rings. The molecule has 4 nitrogen and oxygen atoms in total. The fourth-order valence-electron chi connectivity index (χ4n) is 1.81. The van der Waals surface area contributed by atoms with Gasteiger partial charge in [-0.2, -0.15) is 0 Å². The quantitative estimate of drug-likeness (QED) is 0.689. The van der Waals surface area contributed by atoms with Crippen LogP contribution in [-0.4, -0.2) is 27.3 Å². The first kappa shape index (κ1) is 16.6. The molecule has 0 bridgehead atoms. The van der Waals surface area contributed by atoms with Crippen molar-refractivity contribution in [3.05, 3.63) is 22.4 Å². The third-order valence-corrected chi connectivity index (χ3v) is 5.23. The van der Waals surface area contributed by atoms with E-state index in [1.165, 1.54) is 0 Å². The van der Waals surface area contributed by atoms with Gasteiger partial charge in [0.1, 0.15) is 0 Å². The average molecular weight is 304 g/mol. The van der Waals surface area contributed by atoms with E-state index >= 15 is 0 Å². The van der Waals surface area contributed by atoms with Gasteiger partial charge >= 0.3 is 0 Å². The van der Waals surface area contributed by atoms with Crippen molar-refractivity contribution in [2.45, 2.75) is 33.2 Å². The highest BCUT2D eigenvalue weighted by Gasteiger charge is 2.22. The van der Waals surface area contributed by atoms with Crippen LogP contribution in [0, 0.1) is 5.92 Å². The zero-order valence-electron chi connectivity index (χ0n) is 11.8. The molecule has 0 aliphatic carbocycles. The van der Waals surface area contributed by atoms with E-state index in [1.54, 1.807) is 11.3 Å². The Balaban J connectivity index is 2.58. The highest BCUT2D eigenvalue weighted by molar-refractivity contribution is 7.89. The smallest absolute Gasteiger partial charge is 0.212 e. The minimum Gasteiger partial charge on any atom is -0.317 e. The minimum absolute atomic E-state index is 0.121. The molecule has 0 aliphatic heterocycles. The van der Waals surface area contributed by atoms with Crippen molar-refractivity contribution in [1.29, 1.82) is 0 Å². The molecule has 0 aromatic carbocycles. The summed E-state index contributed by atoms with van der Waals surface area (Å²) < 4.78 is 27.0. The van der Waals surface area contributed by atoms with Gasteiger partial charge in [0, 0.05) is 4.88 Å². The van der Waals surface area contributed by atoms with E-state index in [0.717, 1.165) is 18.0 Å². The Labute approximate surface area is 120 Å². The van der Waals surface area contributed by atoms with Gasteiger partial charge in [-0.3, -0.25) is 0 Å². The lowest BCUT2D eigenvalue weighted by molar-refractivity contribution is 0.468. The molecular formula is C13H24N2O2S2. The maximum Gasteiger partial charge on any atom is 0.212 e. The second kappa shape index (κ2) is 7.99. The van der Waals surface area contributed by atoms with Gasteiger partial charge in [-0.15, -0.1) is 11.3 Å². The van der Waals surface area contributed by atoms with E-state index in [9.17, 15) is 8.42 Å². The Morgan fingerprint density at radius 3 is 2.63 bits per heavy atom. The molecule has 1 atom stereocenters. The van der Waals surface area contributed by atoms with Gasteiger partial charge in [0.05, 0.1) is 11.8 Å². The van der Waals surface area contributed by atoms with Crippen molar-refractivity contribution >= 4 is 21.4 Å². The Morgan fingerprint density at radius 2 is 2.11 bits per heavy atom. The summed E-state index contributed by atoms with van der Waals surface area (Å²) in [6.07, 6.45) is 0.637. The summed E-state index contributed by atoms with van der Waals surface area (Å²) in [7, 11) is -3.22. The first-order valence-corrected chi connectivity index (χ1v) is 9.23. The average Bonchev–Trinajstić information content (AvgIpc) is 2.85. The molecule has 1 heterocycles. The molecule has 0 amide bonds. The van der Waals surface area contributed by atoms with Crippen LogP contribution in [0.15, 0.2) is 17.5 Å². The lowest BCUT2D eigenvalue weighted by atomic mass is 10.0. The number of rotatable bonds is 9. The van der Waals surface area contributed by atoms with Gasteiger partial charge in [-0.1, -0.05) is 26.8 Å². The third kappa shape index (κ3) is 6.03. The van der Waals surface area contributed by atoms with E-state index in [4.69, 9.17) is 0 Å². The van der Waals surface area contributed by atoms with Crippen molar-refractivity contribution in [3.63, 3.8) is 0 Å². The van der Waals surface area contributed by atoms with Crippen molar-refractivity contribution in [3.8, 4) is 0 Å². The van der Waals surface area contributed by atoms with Crippen molar-refractivity contribution in [2.24, 2.45) is 5.92 Å². The molecular weight excluding hydrogens is 280 g/mol. The van der Waals surface area contributed by atoms with E-state index < -0.39 is 10.0 Å². The molecule has 1 aromatic rings. The zero-order chi connectivity index (χ0) is 14.3. The number of thiophene rings is 1. The highest BCUT2D eigenvalue weighted by Crippen LogP contribution is 2.26. The molecule has 0 saturated heterocycles. The standard InChI is InChI=1S/C13H24N2O2S2/c1-4-14-8-6-10-19(16,17)15-13(11(2)3)12-7-5-9-18-12/h5,7,9,11,13-15H,4,6,8,10H2,1-3H3. The second-order valence-electron chi connectivity index (χ2n) is 4.88. The first-order chi connectivity index (χ1) is 8.96. The summed E-state index contributed by atoms with van der Waals surface area (Å²) in [6, 6.07) is 3.81. The van der Waals surface area contributed by atoms with Gasteiger partial charge in [0.2, 0.25) is 10.0 Å². The van der Waals surface area contributed by atoms with Crippen molar-refractivity contribution < 1.29 is 8.42 Å². The largest absolute Gasteiger partial charge is 0.317 e. The van der Waals surface area contributed by atoms with Crippen LogP contribution in [0.2, 0.25) is 0 Å². The maximum absolute atomic E-state index is 12.1. The number of hydrogen-bond donors (Lipinski definition) is 2. The van der Waals surface area contributed by atoms with Crippen LogP contribution in [-0.2, 0) is 10.0 Å². The zero-order valence-corrected chi connectivity index (χ0v) is 13.5. The Kier molecular flexibility index (Phi) is 6.99. The molecule has 0 radical (unpaired) electrons. The summed E-state index contributed by atoms with van der Waals surface area (Å²) in [5.74, 6) is 0.413. The summed E-state index contributed by atoms with van der Waals surface area (Å²) in [5, 5.41) is 5.11. The van der Waals surface area contributed by atoms with Gasteiger partial charge in [0.25, 0.3) is 0 Å². The van der Waals surface area contributed by atoms with E-state index in [2.05, 4.69) is 10.0 Å². The third-order valence-electron chi connectivity index (χ3n) is 2.84. The van der Waals surface area contributed by atoms with Crippen LogP contribution in [0.25, 0.3) is 0 Å². The molecule has 0 spiro atoms. The van der Waals surface area contributed by atoms with Crippen LogP contribution in [0.3, 0.4) is 0 Å². The molecule has 1 aromatic heterocycles. The number of nitrogens with one attached hydrogen (secondary N) is 2. The summed E-state index contributed by atoms with van der Waals surface area (Å²) in [4.78, 5) is 1.07. The molecule has 0 saturated carbocycles. The van der Waals surface area contributed by atoms with Crippen LogP contribution >= 0.6 is 11.3 Å². The SMILES string of the molecule is CCNCCCS(=O)(=O)NC(c1cccs1)C(C)C. The van der Waals surface area contributed by atoms with Crippen LogP contribution in [0.4, 0.5) is 0 Å². The predicted molar refractivity (Wildman–Crippen MR) is 82.0 cm³/mol.